The van der Waals surface area contributed by atoms with Gasteiger partial charge in [-0.25, -0.2) is 4.79 Å². The molecule has 0 spiro atoms. The molecular weight excluding hydrogens is 340 g/mol. The number of urea groups is 1. The molecule has 2 aliphatic rings. The first-order valence-electron chi connectivity index (χ1n) is 10.2. The number of hydrogen-bond donors (Lipinski definition) is 2. The second-order valence-corrected chi connectivity index (χ2v) is 7.87. The molecule has 2 saturated heterocycles. The Morgan fingerprint density at radius 2 is 1.67 bits per heavy atom. The van der Waals surface area contributed by atoms with E-state index in [9.17, 15) is 9.59 Å². The summed E-state index contributed by atoms with van der Waals surface area (Å²) in [7, 11) is 0. The normalized spacial score (nSPS) is 19.7. The number of likely N-dealkylation sites (tertiary alicyclic amines) is 2. The first kappa shape index (κ1) is 19.7. The molecule has 1 aromatic carbocycles. The summed E-state index contributed by atoms with van der Waals surface area (Å²) in [6.45, 7) is 7.48. The molecule has 27 heavy (non-hydrogen) atoms. The second-order valence-electron chi connectivity index (χ2n) is 7.87. The molecule has 2 fully saturated rings. The molecule has 3 rings (SSSR count). The number of para-hydroxylation sites is 1. The van der Waals surface area contributed by atoms with Gasteiger partial charge in [-0.15, -0.1) is 0 Å². The smallest absolute Gasteiger partial charge is 0.317 e. The van der Waals surface area contributed by atoms with Gasteiger partial charge in [0, 0.05) is 37.8 Å². The molecule has 3 amide bonds. The van der Waals surface area contributed by atoms with E-state index in [1.807, 2.05) is 35.2 Å². The minimum Gasteiger partial charge on any atom is -0.337 e. The minimum atomic E-state index is -0.0235. The molecule has 2 heterocycles. The maximum atomic E-state index is 12.4. The van der Waals surface area contributed by atoms with Gasteiger partial charge < -0.3 is 20.4 Å². The second kappa shape index (κ2) is 9.74. The lowest BCUT2D eigenvalue weighted by atomic mass is 9.96. The third-order valence-electron chi connectivity index (χ3n) is 5.77. The molecule has 0 aromatic heterocycles. The van der Waals surface area contributed by atoms with Crippen LogP contribution < -0.4 is 10.6 Å². The Morgan fingerprint density at radius 3 is 2.33 bits per heavy atom. The largest absolute Gasteiger partial charge is 0.337 e. The van der Waals surface area contributed by atoms with Crippen molar-refractivity contribution in [3.8, 4) is 0 Å². The van der Waals surface area contributed by atoms with Crippen LogP contribution >= 0.6 is 0 Å². The standard InChI is InChI=1S/C21H32N4O2/c1-17-7-12-24(13-8-17)16-11-22-21(27)25-14-9-18(10-15-25)20(26)23-19-5-3-2-4-6-19/h2-6,17-18H,7-16H2,1H3,(H,22,27)(H,23,26). The highest BCUT2D eigenvalue weighted by atomic mass is 16.2. The number of carbonyl (C=O) groups excluding carboxylic acids is 2. The third kappa shape index (κ3) is 5.96. The van der Waals surface area contributed by atoms with Gasteiger partial charge in [0.1, 0.15) is 0 Å². The van der Waals surface area contributed by atoms with Crippen LogP contribution in [0.2, 0.25) is 0 Å². The summed E-state index contributed by atoms with van der Waals surface area (Å²) in [5.74, 6) is 0.862. The average molecular weight is 373 g/mol. The predicted octanol–water partition coefficient (Wildman–Crippen LogP) is 2.78. The van der Waals surface area contributed by atoms with Crippen molar-refractivity contribution >= 4 is 17.6 Å². The van der Waals surface area contributed by atoms with Gasteiger partial charge in [-0.2, -0.15) is 0 Å². The van der Waals surface area contributed by atoms with Crippen molar-refractivity contribution < 1.29 is 9.59 Å². The number of piperidine rings is 2. The molecule has 0 bridgehead atoms. The molecule has 0 atom stereocenters. The van der Waals surface area contributed by atoms with E-state index < -0.39 is 0 Å². The Bertz CT molecular complexity index is 606. The first-order chi connectivity index (χ1) is 13.1. The maximum absolute atomic E-state index is 12.4. The molecule has 6 nitrogen and oxygen atoms in total. The SMILES string of the molecule is CC1CCN(CCNC(=O)N2CCC(C(=O)Nc3ccccc3)CC2)CC1. The summed E-state index contributed by atoms with van der Waals surface area (Å²) in [6.07, 6.45) is 3.95. The fourth-order valence-corrected chi connectivity index (χ4v) is 3.83. The molecule has 0 radical (unpaired) electrons. The number of benzene rings is 1. The zero-order valence-corrected chi connectivity index (χ0v) is 16.3. The number of nitrogens with zero attached hydrogens (tertiary/aromatic N) is 2. The highest BCUT2D eigenvalue weighted by Gasteiger charge is 2.27. The van der Waals surface area contributed by atoms with Crippen molar-refractivity contribution in [3.05, 3.63) is 30.3 Å². The molecule has 0 unspecified atom stereocenters. The third-order valence-corrected chi connectivity index (χ3v) is 5.77. The van der Waals surface area contributed by atoms with Crippen LogP contribution in [0.25, 0.3) is 0 Å². The number of amides is 3. The molecule has 2 aliphatic heterocycles. The highest BCUT2D eigenvalue weighted by molar-refractivity contribution is 5.92. The van der Waals surface area contributed by atoms with Gasteiger partial charge in [-0.1, -0.05) is 25.1 Å². The highest BCUT2D eigenvalue weighted by Crippen LogP contribution is 2.19. The van der Waals surface area contributed by atoms with Crippen LogP contribution in [0.1, 0.15) is 32.6 Å². The summed E-state index contributed by atoms with van der Waals surface area (Å²) in [6, 6.07) is 9.54. The molecule has 1 aromatic rings. The lowest BCUT2D eigenvalue weighted by Gasteiger charge is -2.32. The van der Waals surface area contributed by atoms with Crippen LogP contribution in [-0.4, -0.2) is 61.0 Å². The minimum absolute atomic E-state index is 0.00213. The van der Waals surface area contributed by atoms with Gasteiger partial charge in [0.05, 0.1) is 0 Å². The quantitative estimate of drug-likeness (QED) is 0.835. The first-order valence-corrected chi connectivity index (χ1v) is 10.2. The lowest BCUT2D eigenvalue weighted by Crippen LogP contribution is -2.48. The average Bonchev–Trinajstić information content (AvgIpc) is 2.70. The van der Waals surface area contributed by atoms with E-state index in [1.54, 1.807) is 0 Å². The van der Waals surface area contributed by atoms with Crippen LogP contribution in [0, 0.1) is 11.8 Å². The van der Waals surface area contributed by atoms with E-state index in [0.717, 1.165) is 44.1 Å². The van der Waals surface area contributed by atoms with E-state index in [-0.39, 0.29) is 17.9 Å². The number of anilines is 1. The lowest BCUT2D eigenvalue weighted by molar-refractivity contribution is -0.121. The molecular formula is C21H32N4O2. The van der Waals surface area contributed by atoms with E-state index in [2.05, 4.69) is 22.5 Å². The monoisotopic (exact) mass is 372 g/mol. The van der Waals surface area contributed by atoms with Gasteiger partial charge in [0.15, 0.2) is 0 Å². The topological polar surface area (TPSA) is 64.7 Å². The zero-order valence-electron chi connectivity index (χ0n) is 16.3. The van der Waals surface area contributed by atoms with Crippen molar-refractivity contribution in [2.24, 2.45) is 11.8 Å². The van der Waals surface area contributed by atoms with E-state index in [0.29, 0.717) is 19.6 Å². The van der Waals surface area contributed by atoms with Crippen LogP contribution in [0.3, 0.4) is 0 Å². The Kier molecular flexibility index (Phi) is 7.10. The van der Waals surface area contributed by atoms with Gasteiger partial charge in [0.2, 0.25) is 5.91 Å². The summed E-state index contributed by atoms with van der Waals surface area (Å²) in [5.41, 5.74) is 0.828. The van der Waals surface area contributed by atoms with Gasteiger partial charge in [0.25, 0.3) is 0 Å². The van der Waals surface area contributed by atoms with Crippen LogP contribution in [-0.2, 0) is 4.79 Å². The summed E-state index contributed by atoms with van der Waals surface area (Å²) >= 11 is 0. The number of nitrogens with one attached hydrogen (secondary N) is 2. The summed E-state index contributed by atoms with van der Waals surface area (Å²) in [4.78, 5) is 29.0. The van der Waals surface area contributed by atoms with Crippen molar-refractivity contribution in [2.45, 2.75) is 32.6 Å². The van der Waals surface area contributed by atoms with Crippen molar-refractivity contribution in [1.82, 2.24) is 15.1 Å². The van der Waals surface area contributed by atoms with Gasteiger partial charge in [-0.3, -0.25) is 4.79 Å². The Morgan fingerprint density at radius 1 is 1.00 bits per heavy atom. The van der Waals surface area contributed by atoms with E-state index in [1.165, 1.54) is 12.8 Å². The predicted molar refractivity (Wildman–Crippen MR) is 108 cm³/mol. The van der Waals surface area contributed by atoms with E-state index >= 15 is 0 Å². The maximum Gasteiger partial charge on any atom is 0.317 e. The summed E-state index contributed by atoms with van der Waals surface area (Å²) in [5, 5.41) is 6.01. The molecule has 6 heteroatoms. The fourth-order valence-electron chi connectivity index (χ4n) is 3.83. The number of rotatable bonds is 5. The van der Waals surface area contributed by atoms with Gasteiger partial charge >= 0.3 is 6.03 Å². The molecule has 148 valence electrons. The fraction of sp³-hybridized carbons (Fsp3) is 0.619. The molecule has 0 saturated carbocycles. The van der Waals surface area contributed by atoms with Crippen LogP contribution in [0.15, 0.2) is 30.3 Å². The number of hydrogen-bond acceptors (Lipinski definition) is 3. The van der Waals surface area contributed by atoms with Crippen molar-refractivity contribution in [1.29, 1.82) is 0 Å². The van der Waals surface area contributed by atoms with Gasteiger partial charge in [-0.05, 0) is 56.8 Å². The van der Waals surface area contributed by atoms with Crippen molar-refractivity contribution in [2.75, 3.05) is 44.6 Å². The Hall–Kier alpha value is -2.08. The van der Waals surface area contributed by atoms with Crippen LogP contribution in [0.5, 0.6) is 0 Å². The Balaban J connectivity index is 1.33. The van der Waals surface area contributed by atoms with E-state index in [4.69, 9.17) is 0 Å². The molecule has 0 aliphatic carbocycles. The van der Waals surface area contributed by atoms with Crippen LogP contribution in [0.4, 0.5) is 10.5 Å². The Labute approximate surface area is 162 Å². The summed E-state index contributed by atoms with van der Waals surface area (Å²) < 4.78 is 0. The number of carbonyl (C=O) groups is 2. The molecule has 2 N–H and O–H groups in total. The zero-order chi connectivity index (χ0) is 19.1. The van der Waals surface area contributed by atoms with Crippen molar-refractivity contribution in [3.63, 3.8) is 0 Å².